The number of hydrogen-bond acceptors (Lipinski definition) is 2. The first-order chi connectivity index (χ1) is 7.11. The van der Waals surface area contributed by atoms with E-state index in [9.17, 15) is 4.79 Å². The topological polar surface area (TPSA) is 49.3 Å². The zero-order valence-corrected chi connectivity index (χ0v) is 11.1. The van der Waals surface area contributed by atoms with E-state index in [0.29, 0.717) is 5.57 Å². The first kappa shape index (κ1) is 14.4. The Bertz CT molecular complexity index is 282. The molecule has 0 spiro atoms. The number of halogens is 1. The van der Waals surface area contributed by atoms with Crippen LogP contribution in [0.3, 0.4) is 0 Å². The third-order valence-corrected chi connectivity index (χ3v) is 2.07. The summed E-state index contributed by atoms with van der Waals surface area (Å²) in [4.78, 5) is 11.4. The summed E-state index contributed by atoms with van der Waals surface area (Å²) in [5.41, 5.74) is 0.619. The molecule has 1 amide bonds. The molecule has 0 unspecified atom stereocenters. The van der Waals surface area contributed by atoms with E-state index >= 15 is 0 Å². The SMILES string of the molecule is C\C(=C/C=C/C=C\I)C(=O)N[C@@H](C)CO. The number of allylic oxidation sites excluding steroid dienone is 4. The summed E-state index contributed by atoms with van der Waals surface area (Å²) in [6.07, 6.45) is 7.25. The lowest BCUT2D eigenvalue weighted by atomic mass is 10.2. The quantitative estimate of drug-likeness (QED) is 0.462. The van der Waals surface area contributed by atoms with Crippen molar-refractivity contribution in [2.45, 2.75) is 19.9 Å². The average molecular weight is 321 g/mol. The highest BCUT2D eigenvalue weighted by molar-refractivity contribution is 14.1. The summed E-state index contributed by atoms with van der Waals surface area (Å²) in [5.74, 6) is -0.153. The first-order valence-corrected chi connectivity index (χ1v) is 5.88. The normalized spacial score (nSPS) is 14.8. The van der Waals surface area contributed by atoms with Crippen LogP contribution in [-0.4, -0.2) is 23.7 Å². The van der Waals surface area contributed by atoms with Crippen molar-refractivity contribution >= 4 is 28.5 Å². The Morgan fingerprint density at radius 2 is 2.13 bits per heavy atom. The average Bonchev–Trinajstić information content (AvgIpc) is 2.23. The fraction of sp³-hybridized carbons (Fsp3) is 0.364. The molecule has 1 atom stereocenters. The van der Waals surface area contributed by atoms with E-state index in [1.807, 2.05) is 16.2 Å². The van der Waals surface area contributed by atoms with Crippen LogP contribution in [0.2, 0.25) is 0 Å². The predicted molar refractivity (Wildman–Crippen MR) is 70.7 cm³/mol. The Morgan fingerprint density at radius 1 is 1.47 bits per heavy atom. The molecule has 0 aliphatic rings. The van der Waals surface area contributed by atoms with E-state index in [1.165, 1.54) is 0 Å². The van der Waals surface area contributed by atoms with Crippen LogP contribution in [-0.2, 0) is 4.79 Å². The fourth-order valence-electron chi connectivity index (χ4n) is 0.765. The number of carbonyl (C=O) groups excluding carboxylic acids is 1. The molecule has 0 aromatic heterocycles. The molecule has 0 aliphatic carbocycles. The molecule has 4 heteroatoms. The second kappa shape index (κ2) is 8.67. The standard InChI is InChI=1S/C11H16INO2/c1-9(6-4-3-5-7-12)11(15)13-10(2)8-14/h3-7,10,14H,8H2,1-2H3,(H,13,15)/b4-3+,7-5-,9-6+/t10-/m0/s1. The second-order valence-electron chi connectivity index (χ2n) is 3.11. The number of amides is 1. The molecule has 0 radical (unpaired) electrons. The Labute approximate surface area is 104 Å². The summed E-state index contributed by atoms with van der Waals surface area (Å²) in [7, 11) is 0. The van der Waals surface area contributed by atoms with Gasteiger partial charge in [-0.15, -0.1) is 0 Å². The molecule has 0 saturated heterocycles. The van der Waals surface area contributed by atoms with Gasteiger partial charge in [0.2, 0.25) is 5.91 Å². The van der Waals surface area contributed by atoms with Gasteiger partial charge in [-0.25, -0.2) is 0 Å². The minimum Gasteiger partial charge on any atom is -0.394 e. The van der Waals surface area contributed by atoms with E-state index in [2.05, 4.69) is 27.9 Å². The summed E-state index contributed by atoms with van der Waals surface area (Å²) in [5, 5.41) is 11.4. The van der Waals surface area contributed by atoms with Crippen LogP contribution in [0, 0.1) is 0 Å². The Balaban J connectivity index is 4.19. The summed E-state index contributed by atoms with van der Waals surface area (Å²) in [6.45, 7) is 3.43. The van der Waals surface area contributed by atoms with Gasteiger partial charge in [0.25, 0.3) is 0 Å². The van der Waals surface area contributed by atoms with Gasteiger partial charge in [0.1, 0.15) is 0 Å². The van der Waals surface area contributed by atoms with Crippen LogP contribution in [0.4, 0.5) is 0 Å². The molecule has 0 rings (SSSR count). The lowest BCUT2D eigenvalue weighted by Crippen LogP contribution is -2.35. The van der Waals surface area contributed by atoms with Crippen molar-refractivity contribution in [2.24, 2.45) is 0 Å². The highest BCUT2D eigenvalue weighted by Gasteiger charge is 2.06. The Kier molecular flexibility index (Phi) is 8.31. The lowest BCUT2D eigenvalue weighted by Gasteiger charge is -2.10. The van der Waals surface area contributed by atoms with E-state index in [1.54, 1.807) is 26.0 Å². The van der Waals surface area contributed by atoms with Crippen LogP contribution >= 0.6 is 22.6 Å². The Hall–Kier alpha value is -0.620. The van der Waals surface area contributed by atoms with E-state index in [0.717, 1.165) is 0 Å². The zero-order chi connectivity index (χ0) is 11.7. The van der Waals surface area contributed by atoms with Gasteiger partial charge in [0.05, 0.1) is 6.61 Å². The van der Waals surface area contributed by atoms with E-state index in [4.69, 9.17) is 5.11 Å². The number of hydrogen-bond donors (Lipinski definition) is 2. The molecule has 0 heterocycles. The maximum Gasteiger partial charge on any atom is 0.247 e. The summed E-state index contributed by atoms with van der Waals surface area (Å²) in [6, 6.07) is -0.209. The molecular weight excluding hydrogens is 305 g/mol. The van der Waals surface area contributed by atoms with Crippen molar-refractivity contribution in [3.63, 3.8) is 0 Å². The van der Waals surface area contributed by atoms with Crippen molar-refractivity contribution in [2.75, 3.05) is 6.61 Å². The van der Waals surface area contributed by atoms with Crippen LogP contribution in [0.25, 0.3) is 0 Å². The molecule has 0 aliphatic heterocycles. The third-order valence-electron chi connectivity index (χ3n) is 1.65. The smallest absolute Gasteiger partial charge is 0.247 e. The largest absolute Gasteiger partial charge is 0.394 e. The molecular formula is C11H16INO2. The van der Waals surface area contributed by atoms with Crippen molar-refractivity contribution in [1.82, 2.24) is 5.32 Å². The number of rotatable bonds is 5. The van der Waals surface area contributed by atoms with Gasteiger partial charge in [-0.05, 0) is 17.9 Å². The maximum atomic E-state index is 11.4. The van der Waals surface area contributed by atoms with Gasteiger partial charge in [-0.2, -0.15) is 0 Å². The van der Waals surface area contributed by atoms with Crippen molar-refractivity contribution in [1.29, 1.82) is 0 Å². The summed E-state index contributed by atoms with van der Waals surface area (Å²) < 4.78 is 1.88. The highest BCUT2D eigenvalue weighted by Crippen LogP contribution is 1.95. The van der Waals surface area contributed by atoms with E-state index < -0.39 is 0 Å². The number of aliphatic hydroxyl groups excluding tert-OH is 1. The molecule has 0 aromatic rings. The molecule has 0 saturated carbocycles. The van der Waals surface area contributed by atoms with Crippen LogP contribution in [0.5, 0.6) is 0 Å². The molecule has 0 bridgehead atoms. The van der Waals surface area contributed by atoms with Gasteiger partial charge in [-0.3, -0.25) is 4.79 Å². The molecule has 0 aromatic carbocycles. The van der Waals surface area contributed by atoms with Gasteiger partial charge in [0.15, 0.2) is 0 Å². The fourth-order valence-corrected chi connectivity index (χ4v) is 1.00. The second-order valence-corrected chi connectivity index (χ2v) is 3.83. The maximum absolute atomic E-state index is 11.4. The van der Waals surface area contributed by atoms with Crippen molar-refractivity contribution in [3.8, 4) is 0 Å². The van der Waals surface area contributed by atoms with Crippen molar-refractivity contribution in [3.05, 3.63) is 34.0 Å². The van der Waals surface area contributed by atoms with E-state index in [-0.39, 0.29) is 18.6 Å². The first-order valence-electron chi connectivity index (χ1n) is 4.63. The van der Waals surface area contributed by atoms with Gasteiger partial charge in [0, 0.05) is 11.6 Å². The monoisotopic (exact) mass is 321 g/mol. The number of carbonyl (C=O) groups is 1. The minimum absolute atomic E-state index is 0.0492. The molecule has 15 heavy (non-hydrogen) atoms. The highest BCUT2D eigenvalue weighted by atomic mass is 127. The van der Waals surface area contributed by atoms with Gasteiger partial charge in [-0.1, -0.05) is 46.9 Å². The number of nitrogens with one attached hydrogen (secondary N) is 1. The molecule has 2 N–H and O–H groups in total. The Morgan fingerprint density at radius 3 is 2.67 bits per heavy atom. The third kappa shape index (κ3) is 7.33. The van der Waals surface area contributed by atoms with Crippen LogP contribution in [0.15, 0.2) is 34.0 Å². The van der Waals surface area contributed by atoms with Crippen LogP contribution in [0.1, 0.15) is 13.8 Å². The molecule has 0 fully saturated rings. The predicted octanol–water partition coefficient (Wildman–Crippen LogP) is 1.93. The lowest BCUT2D eigenvalue weighted by molar-refractivity contribution is -0.118. The summed E-state index contributed by atoms with van der Waals surface area (Å²) >= 11 is 2.12. The molecule has 3 nitrogen and oxygen atoms in total. The van der Waals surface area contributed by atoms with Gasteiger partial charge < -0.3 is 10.4 Å². The van der Waals surface area contributed by atoms with Gasteiger partial charge >= 0.3 is 0 Å². The van der Waals surface area contributed by atoms with Crippen molar-refractivity contribution < 1.29 is 9.90 Å². The van der Waals surface area contributed by atoms with Crippen LogP contribution < -0.4 is 5.32 Å². The number of aliphatic hydroxyl groups is 1. The zero-order valence-electron chi connectivity index (χ0n) is 8.90. The minimum atomic E-state index is -0.209. The molecule has 84 valence electrons.